The molecule has 4 aromatic rings. The molecular weight excluding hydrogens is 466 g/mol. The van der Waals surface area contributed by atoms with Gasteiger partial charge in [-0.2, -0.15) is 14.8 Å². The van der Waals surface area contributed by atoms with Crippen LogP contribution in [0.4, 0.5) is 5.82 Å². The molecule has 1 N–H and O–H groups in total. The molecule has 1 saturated carbocycles. The lowest BCUT2D eigenvalue weighted by Crippen LogP contribution is -2.34. The second kappa shape index (κ2) is 9.81. The number of hydrogen-bond acceptors (Lipinski definition) is 5. The van der Waals surface area contributed by atoms with E-state index in [2.05, 4.69) is 15.4 Å². The highest BCUT2D eigenvalue weighted by atomic mass is 16.3. The van der Waals surface area contributed by atoms with Gasteiger partial charge in [-0.3, -0.25) is 9.59 Å². The molecule has 3 heterocycles. The van der Waals surface area contributed by atoms with Crippen molar-refractivity contribution < 1.29 is 14.0 Å². The molecule has 1 atom stereocenters. The highest BCUT2D eigenvalue weighted by Gasteiger charge is 2.33. The van der Waals surface area contributed by atoms with Gasteiger partial charge in [0.1, 0.15) is 11.5 Å². The van der Waals surface area contributed by atoms with E-state index in [1.165, 1.54) is 4.68 Å². The second-order valence-electron chi connectivity index (χ2n) is 9.20. The summed E-state index contributed by atoms with van der Waals surface area (Å²) in [6.07, 6.45) is 5.07. The molecule has 2 amide bonds. The van der Waals surface area contributed by atoms with Gasteiger partial charge in [-0.25, -0.2) is 4.99 Å². The molecule has 0 saturated heterocycles. The molecule has 2 aromatic carbocycles. The summed E-state index contributed by atoms with van der Waals surface area (Å²) in [5, 5.41) is 7.66. The first-order valence-corrected chi connectivity index (χ1v) is 12.4. The third-order valence-corrected chi connectivity index (χ3v) is 6.78. The fourth-order valence-corrected chi connectivity index (χ4v) is 4.97. The number of carbonyl (C=O) groups excluding carboxylic acids is 2. The van der Waals surface area contributed by atoms with Gasteiger partial charge in [-0.1, -0.05) is 67.1 Å². The van der Waals surface area contributed by atoms with Crippen LogP contribution in [0.3, 0.4) is 0 Å². The molecule has 0 spiro atoms. The van der Waals surface area contributed by atoms with Crippen molar-refractivity contribution in [3.05, 3.63) is 96.3 Å². The molecule has 1 aliphatic heterocycles. The maximum atomic E-state index is 13.8. The van der Waals surface area contributed by atoms with Crippen LogP contribution >= 0.6 is 0 Å². The first-order valence-electron chi connectivity index (χ1n) is 12.4. The Morgan fingerprint density at radius 3 is 2.35 bits per heavy atom. The Bertz CT molecular complexity index is 1450. The van der Waals surface area contributed by atoms with Gasteiger partial charge < -0.3 is 9.73 Å². The van der Waals surface area contributed by atoms with Crippen molar-refractivity contribution in [2.45, 2.75) is 31.6 Å². The number of nitrogens with zero attached hydrogens (tertiary/aromatic N) is 4. The van der Waals surface area contributed by atoms with E-state index in [4.69, 9.17) is 9.41 Å². The van der Waals surface area contributed by atoms with E-state index in [-0.39, 0.29) is 23.7 Å². The minimum absolute atomic E-state index is 0.155. The van der Waals surface area contributed by atoms with E-state index in [0.717, 1.165) is 42.5 Å². The van der Waals surface area contributed by atoms with Gasteiger partial charge in [0, 0.05) is 11.8 Å². The van der Waals surface area contributed by atoms with Crippen LogP contribution in [-0.2, 0) is 9.59 Å². The van der Waals surface area contributed by atoms with Crippen molar-refractivity contribution >= 4 is 29.3 Å². The highest BCUT2D eigenvalue weighted by molar-refractivity contribution is 6.16. The van der Waals surface area contributed by atoms with Crippen molar-refractivity contribution in [1.29, 1.82) is 0 Å². The Hall–Kier alpha value is -4.59. The Kier molecular flexibility index (Phi) is 6.06. The van der Waals surface area contributed by atoms with Crippen LogP contribution in [0.5, 0.6) is 0 Å². The lowest BCUT2D eigenvalue weighted by molar-refractivity contribution is -0.120. The lowest BCUT2D eigenvalue weighted by atomic mass is 9.86. The molecule has 37 heavy (non-hydrogen) atoms. The van der Waals surface area contributed by atoms with Crippen molar-refractivity contribution in [2.24, 2.45) is 15.9 Å². The fraction of sp³-hybridized carbons (Fsp3) is 0.207. The molecule has 1 aliphatic carbocycles. The number of benzene rings is 2. The quantitative estimate of drug-likeness (QED) is 0.410. The van der Waals surface area contributed by atoms with Gasteiger partial charge in [0.2, 0.25) is 5.91 Å². The topological polar surface area (TPSA) is 102 Å². The van der Waals surface area contributed by atoms with Gasteiger partial charge in [0.05, 0.1) is 18.1 Å². The average molecular weight is 492 g/mol. The van der Waals surface area contributed by atoms with Crippen LogP contribution in [0.15, 0.2) is 99.5 Å². The van der Waals surface area contributed by atoms with E-state index >= 15 is 0 Å². The largest absolute Gasteiger partial charge is 0.463 e. The van der Waals surface area contributed by atoms with Crippen LogP contribution < -0.4 is 5.32 Å². The zero-order valence-electron chi connectivity index (χ0n) is 20.1. The molecular formula is C29H25N5O3. The smallest absolute Gasteiger partial charge is 0.257 e. The molecule has 2 aromatic heterocycles. The summed E-state index contributed by atoms with van der Waals surface area (Å²) in [5.74, 6) is -0.213. The Morgan fingerprint density at radius 2 is 1.68 bits per heavy atom. The predicted molar refractivity (Wildman–Crippen MR) is 141 cm³/mol. The highest BCUT2D eigenvalue weighted by Crippen LogP contribution is 2.30. The zero-order chi connectivity index (χ0) is 25.2. The van der Waals surface area contributed by atoms with E-state index in [0.29, 0.717) is 17.3 Å². The maximum Gasteiger partial charge on any atom is 0.257 e. The summed E-state index contributed by atoms with van der Waals surface area (Å²) in [6, 6.07) is 24.5. The molecule has 0 radical (unpaired) electrons. The van der Waals surface area contributed by atoms with E-state index in [1.807, 2.05) is 60.7 Å². The first kappa shape index (κ1) is 22.8. The molecule has 1 unspecified atom stereocenters. The molecule has 0 bridgehead atoms. The van der Waals surface area contributed by atoms with Crippen molar-refractivity contribution in [1.82, 2.24) is 9.78 Å². The number of nitrogens with one attached hydrogen (secondary N) is 1. The number of aliphatic imine (C=N–C) groups is 2. The van der Waals surface area contributed by atoms with E-state index in [9.17, 15) is 9.59 Å². The van der Waals surface area contributed by atoms with Crippen LogP contribution in [0.2, 0.25) is 0 Å². The minimum Gasteiger partial charge on any atom is -0.463 e. The molecule has 2 aliphatic rings. The van der Waals surface area contributed by atoms with Gasteiger partial charge in [-0.05, 0) is 42.5 Å². The number of amides is 2. The molecule has 1 fully saturated rings. The number of carbonyl (C=O) groups is 2. The van der Waals surface area contributed by atoms with Gasteiger partial charge in [0.15, 0.2) is 5.76 Å². The van der Waals surface area contributed by atoms with Crippen molar-refractivity contribution in [3.8, 4) is 11.5 Å². The third kappa shape index (κ3) is 4.53. The Labute approximate surface area is 213 Å². The summed E-state index contributed by atoms with van der Waals surface area (Å²) < 4.78 is 6.97. The summed E-state index contributed by atoms with van der Waals surface area (Å²) in [5.41, 5.74) is 3.05. The summed E-state index contributed by atoms with van der Waals surface area (Å²) in [4.78, 5) is 35.6. The van der Waals surface area contributed by atoms with E-state index in [1.54, 1.807) is 24.5 Å². The number of hydrogen-bond donors (Lipinski definition) is 1. The fourth-order valence-electron chi connectivity index (χ4n) is 4.97. The summed E-state index contributed by atoms with van der Waals surface area (Å²) in [6.45, 7) is 0. The summed E-state index contributed by atoms with van der Waals surface area (Å²) >= 11 is 0. The number of fused-ring (bicyclic) bond motifs is 1. The van der Waals surface area contributed by atoms with Crippen molar-refractivity contribution in [3.63, 3.8) is 0 Å². The van der Waals surface area contributed by atoms with Gasteiger partial charge in [-0.15, -0.1) is 0 Å². The SMILES string of the molecule is O=C1N=C(n2nc(-c3ccco3)cc2NC(=O)C(c2ccccc2)c2ccccc2)N=C2CCCCC12. The standard InChI is InChI=1S/C29H25N5O3/c35-27-21-14-7-8-15-22(21)30-29(32-27)34-25(18-23(33-34)24-16-9-17-37-24)31-28(36)26(19-10-3-1-4-11-19)20-12-5-2-6-13-20/h1-6,9-13,16-18,21,26H,7-8,14-15H2,(H,31,36). The second-order valence-corrected chi connectivity index (χ2v) is 9.20. The van der Waals surface area contributed by atoms with Gasteiger partial charge in [0.25, 0.3) is 11.9 Å². The normalized spacial score (nSPS) is 17.2. The number of furan rings is 1. The monoisotopic (exact) mass is 491 g/mol. The van der Waals surface area contributed by atoms with Gasteiger partial charge >= 0.3 is 0 Å². The number of rotatable bonds is 5. The lowest BCUT2D eigenvalue weighted by Gasteiger charge is -2.25. The maximum absolute atomic E-state index is 13.8. The third-order valence-electron chi connectivity index (χ3n) is 6.78. The number of aromatic nitrogens is 2. The molecule has 8 heteroatoms. The zero-order valence-corrected chi connectivity index (χ0v) is 20.1. The first-order chi connectivity index (χ1) is 18.2. The molecule has 184 valence electrons. The molecule has 6 rings (SSSR count). The van der Waals surface area contributed by atoms with Crippen LogP contribution in [0, 0.1) is 5.92 Å². The van der Waals surface area contributed by atoms with Crippen LogP contribution in [-0.4, -0.2) is 33.3 Å². The molecule has 8 nitrogen and oxygen atoms in total. The minimum atomic E-state index is -0.554. The Morgan fingerprint density at radius 1 is 0.946 bits per heavy atom. The van der Waals surface area contributed by atoms with Crippen molar-refractivity contribution in [2.75, 3.05) is 5.32 Å². The number of anilines is 1. The van der Waals surface area contributed by atoms with E-state index < -0.39 is 5.92 Å². The van der Waals surface area contributed by atoms with Crippen LogP contribution in [0.1, 0.15) is 42.7 Å². The summed E-state index contributed by atoms with van der Waals surface area (Å²) in [7, 11) is 0. The van der Waals surface area contributed by atoms with Crippen LogP contribution in [0.25, 0.3) is 11.5 Å². The predicted octanol–water partition coefficient (Wildman–Crippen LogP) is 5.29. The Balaban J connectivity index is 1.40. The average Bonchev–Trinajstić information content (AvgIpc) is 3.61.